The van der Waals surface area contributed by atoms with Crippen LogP contribution in [0.2, 0.25) is 0 Å². The van der Waals surface area contributed by atoms with Gasteiger partial charge in [-0.05, 0) is 44.4 Å². The van der Waals surface area contributed by atoms with E-state index < -0.39 is 11.7 Å². The molecule has 0 spiro atoms. The number of hydrogen-bond acceptors (Lipinski definition) is 4. The number of nitrogens with one attached hydrogen (secondary N) is 2. The van der Waals surface area contributed by atoms with E-state index >= 15 is 0 Å². The van der Waals surface area contributed by atoms with Gasteiger partial charge < -0.3 is 15.2 Å². The molecular formula is C21H26N4O4. The number of H-pyrrole nitrogens is 1. The zero-order valence-electron chi connectivity index (χ0n) is 16.6. The quantitative estimate of drug-likeness (QED) is 0.812. The Morgan fingerprint density at radius 1 is 1.14 bits per heavy atom. The molecule has 2 fully saturated rings. The van der Waals surface area contributed by atoms with Gasteiger partial charge in [-0.15, -0.1) is 0 Å². The Balaban J connectivity index is 1.51. The van der Waals surface area contributed by atoms with Gasteiger partial charge in [0.25, 0.3) is 11.5 Å². The van der Waals surface area contributed by atoms with E-state index in [-0.39, 0.29) is 23.9 Å². The van der Waals surface area contributed by atoms with Gasteiger partial charge in [-0.3, -0.25) is 19.0 Å². The second-order valence-electron chi connectivity index (χ2n) is 7.88. The SMILES string of the molecule is CCn1c(=O)[nH]c2cc(C(=O)NC3CCN(C4CCCCC4)C3=O)ccc2c1=O. The third-order valence-electron chi connectivity index (χ3n) is 6.12. The summed E-state index contributed by atoms with van der Waals surface area (Å²) in [7, 11) is 0. The number of carbonyl (C=O) groups is 2. The second-order valence-corrected chi connectivity index (χ2v) is 7.88. The standard InChI is InChI=1S/C21H26N4O4/c1-2-24-19(27)15-9-8-13(12-17(15)23-21(24)29)18(26)22-16-10-11-25(20(16)28)14-6-4-3-5-7-14/h8-9,12,14,16H,2-7,10-11H2,1H3,(H,22,26)(H,23,29). The zero-order valence-corrected chi connectivity index (χ0v) is 16.6. The molecule has 2 N–H and O–H groups in total. The lowest BCUT2D eigenvalue weighted by molar-refractivity contribution is -0.131. The number of nitrogens with zero attached hydrogens (tertiary/aromatic N) is 2. The van der Waals surface area contributed by atoms with E-state index in [2.05, 4.69) is 10.3 Å². The number of rotatable bonds is 4. The molecule has 2 amide bonds. The van der Waals surface area contributed by atoms with E-state index in [1.165, 1.54) is 12.5 Å². The minimum atomic E-state index is -0.521. The van der Waals surface area contributed by atoms with Crippen molar-refractivity contribution in [3.63, 3.8) is 0 Å². The van der Waals surface area contributed by atoms with Crippen molar-refractivity contribution in [3.8, 4) is 0 Å². The lowest BCUT2D eigenvalue weighted by Gasteiger charge is -2.31. The molecule has 2 aliphatic rings. The average Bonchev–Trinajstić information content (AvgIpc) is 3.08. The Labute approximate surface area is 167 Å². The van der Waals surface area contributed by atoms with E-state index in [1.54, 1.807) is 19.1 Å². The molecule has 8 heteroatoms. The number of fused-ring (bicyclic) bond motifs is 1. The fourth-order valence-corrected chi connectivity index (χ4v) is 4.52. The molecule has 4 rings (SSSR count). The molecule has 1 aromatic heterocycles. The van der Waals surface area contributed by atoms with Crippen LogP contribution in [0.25, 0.3) is 10.9 Å². The molecule has 8 nitrogen and oxygen atoms in total. The van der Waals surface area contributed by atoms with Crippen LogP contribution >= 0.6 is 0 Å². The number of amides is 2. The lowest BCUT2D eigenvalue weighted by Crippen LogP contribution is -2.45. The summed E-state index contributed by atoms with van der Waals surface area (Å²) in [5.74, 6) is -0.387. The number of hydrogen-bond donors (Lipinski definition) is 2. The second kappa shape index (κ2) is 7.85. The third kappa shape index (κ3) is 3.59. The first-order chi connectivity index (χ1) is 14.0. The van der Waals surface area contributed by atoms with Gasteiger partial charge in [0.1, 0.15) is 6.04 Å². The number of carbonyl (C=O) groups excluding carboxylic acids is 2. The molecule has 2 heterocycles. The highest BCUT2D eigenvalue weighted by atomic mass is 16.2. The van der Waals surface area contributed by atoms with Gasteiger partial charge in [-0.2, -0.15) is 0 Å². The number of likely N-dealkylation sites (tertiary alicyclic amines) is 1. The summed E-state index contributed by atoms with van der Waals surface area (Å²) in [6.07, 6.45) is 6.22. The largest absolute Gasteiger partial charge is 0.340 e. The van der Waals surface area contributed by atoms with Gasteiger partial charge in [-0.1, -0.05) is 19.3 Å². The van der Waals surface area contributed by atoms with Crippen LogP contribution in [0.5, 0.6) is 0 Å². The van der Waals surface area contributed by atoms with Crippen molar-refractivity contribution in [2.75, 3.05) is 6.54 Å². The number of benzene rings is 1. The van der Waals surface area contributed by atoms with Crippen molar-refractivity contribution in [2.45, 2.75) is 64.1 Å². The minimum absolute atomic E-state index is 0.00900. The van der Waals surface area contributed by atoms with E-state index in [0.29, 0.717) is 35.5 Å². The fraction of sp³-hybridized carbons (Fsp3) is 0.524. The Hall–Kier alpha value is -2.90. The Bertz CT molecular complexity index is 1060. The van der Waals surface area contributed by atoms with Crippen LogP contribution in [0.1, 0.15) is 55.8 Å². The van der Waals surface area contributed by atoms with Crippen molar-refractivity contribution < 1.29 is 9.59 Å². The van der Waals surface area contributed by atoms with Gasteiger partial charge in [0.05, 0.1) is 10.9 Å². The van der Waals surface area contributed by atoms with E-state index in [4.69, 9.17) is 0 Å². The number of aromatic amines is 1. The molecule has 154 valence electrons. The van der Waals surface area contributed by atoms with Crippen LogP contribution in [0, 0.1) is 0 Å². The van der Waals surface area contributed by atoms with Crippen molar-refractivity contribution in [2.24, 2.45) is 0 Å². The molecular weight excluding hydrogens is 372 g/mol. The Morgan fingerprint density at radius 3 is 2.62 bits per heavy atom. The normalized spacial score (nSPS) is 20.4. The highest BCUT2D eigenvalue weighted by Gasteiger charge is 2.37. The predicted octanol–water partition coefficient (Wildman–Crippen LogP) is 1.37. The van der Waals surface area contributed by atoms with Crippen molar-refractivity contribution in [1.82, 2.24) is 19.8 Å². The smallest absolute Gasteiger partial charge is 0.328 e. The van der Waals surface area contributed by atoms with E-state index in [0.717, 1.165) is 30.3 Å². The molecule has 0 radical (unpaired) electrons. The van der Waals surface area contributed by atoms with Gasteiger partial charge in [0, 0.05) is 24.7 Å². The molecule has 2 aromatic rings. The summed E-state index contributed by atoms with van der Waals surface area (Å²) in [5, 5.41) is 3.18. The third-order valence-corrected chi connectivity index (χ3v) is 6.12. The van der Waals surface area contributed by atoms with E-state index in [9.17, 15) is 19.2 Å². The first kappa shape index (κ1) is 19.4. The minimum Gasteiger partial charge on any atom is -0.340 e. The Morgan fingerprint density at radius 2 is 1.90 bits per heavy atom. The molecule has 29 heavy (non-hydrogen) atoms. The maximum absolute atomic E-state index is 12.8. The highest BCUT2D eigenvalue weighted by Crippen LogP contribution is 2.26. The van der Waals surface area contributed by atoms with E-state index in [1.807, 2.05) is 4.90 Å². The Kier molecular flexibility index (Phi) is 5.25. The number of aromatic nitrogens is 2. The van der Waals surface area contributed by atoms with Gasteiger partial charge in [-0.25, -0.2) is 4.79 Å². The molecule has 1 atom stereocenters. The summed E-state index contributed by atoms with van der Waals surface area (Å²) in [6, 6.07) is 4.36. The van der Waals surface area contributed by atoms with Crippen LogP contribution in [-0.2, 0) is 11.3 Å². The monoisotopic (exact) mass is 398 g/mol. The molecule has 1 saturated carbocycles. The van der Waals surface area contributed by atoms with Crippen molar-refractivity contribution in [3.05, 3.63) is 44.6 Å². The summed E-state index contributed by atoms with van der Waals surface area (Å²) >= 11 is 0. The van der Waals surface area contributed by atoms with Gasteiger partial charge >= 0.3 is 5.69 Å². The lowest BCUT2D eigenvalue weighted by atomic mass is 9.94. The predicted molar refractivity (Wildman–Crippen MR) is 109 cm³/mol. The summed E-state index contributed by atoms with van der Waals surface area (Å²) in [4.78, 5) is 54.4. The van der Waals surface area contributed by atoms with Crippen LogP contribution in [0.15, 0.2) is 27.8 Å². The molecule has 0 bridgehead atoms. The van der Waals surface area contributed by atoms with Crippen LogP contribution in [0.4, 0.5) is 0 Å². The molecule has 1 aliphatic heterocycles. The molecule has 1 aliphatic carbocycles. The molecule has 1 saturated heterocycles. The van der Waals surface area contributed by atoms with Crippen molar-refractivity contribution in [1.29, 1.82) is 0 Å². The zero-order chi connectivity index (χ0) is 20.5. The maximum atomic E-state index is 12.8. The van der Waals surface area contributed by atoms with Crippen LogP contribution < -0.4 is 16.6 Å². The fourth-order valence-electron chi connectivity index (χ4n) is 4.52. The summed E-state index contributed by atoms with van der Waals surface area (Å²) < 4.78 is 1.11. The van der Waals surface area contributed by atoms with Gasteiger partial charge in [0.2, 0.25) is 5.91 Å². The van der Waals surface area contributed by atoms with Crippen molar-refractivity contribution >= 4 is 22.7 Å². The average molecular weight is 398 g/mol. The topological polar surface area (TPSA) is 104 Å². The molecule has 1 aromatic carbocycles. The maximum Gasteiger partial charge on any atom is 0.328 e. The summed E-state index contributed by atoms with van der Waals surface area (Å²) in [5.41, 5.74) is -0.256. The summed E-state index contributed by atoms with van der Waals surface area (Å²) in [6.45, 7) is 2.67. The first-order valence-electron chi connectivity index (χ1n) is 10.4. The first-order valence-corrected chi connectivity index (χ1v) is 10.4. The highest BCUT2D eigenvalue weighted by molar-refractivity contribution is 6.00. The molecule has 1 unspecified atom stereocenters. The van der Waals surface area contributed by atoms with Crippen LogP contribution in [0.3, 0.4) is 0 Å². The van der Waals surface area contributed by atoms with Gasteiger partial charge in [0.15, 0.2) is 0 Å². The van der Waals surface area contributed by atoms with Crippen LogP contribution in [-0.4, -0.2) is 44.9 Å².